The molecule has 15 heavy (non-hydrogen) atoms. The van der Waals surface area contributed by atoms with E-state index < -0.39 is 5.82 Å². The van der Waals surface area contributed by atoms with Gasteiger partial charge in [0.1, 0.15) is 5.82 Å². The molecule has 0 atom stereocenters. The smallest absolute Gasteiger partial charge is 0.252 e. The maximum Gasteiger partial charge on any atom is 0.252 e. The Bertz CT molecular complexity index is 379. The van der Waals surface area contributed by atoms with Gasteiger partial charge in [0, 0.05) is 6.54 Å². The first-order valence-corrected chi connectivity index (χ1v) is 4.87. The van der Waals surface area contributed by atoms with Crippen molar-refractivity contribution in [1.82, 2.24) is 5.32 Å². The van der Waals surface area contributed by atoms with Gasteiger partial charge in [-0.2, -0.15) is 0 Å². The average molecular weight is 228 g/mol. The van der Waals surface area contributed by atoms with Crippen LogP contribution in [-0.2, 0) is 0 Å². The van der Waals surface area contributed by atoms with Gasteiger partial charge in [0.25, 0.3) is 5.91 Å². The zero-order chi connectivity index (χ0) is 11.3. The molecule has 0 aliphatic rings. The summed E-state index contributed by atoms with van der Waals surface area (Å²) < 4.78 is 12.7. The molecule has 0 saturated heterocycles. The van der Waals surface area contributed by atoms with E-state index in [4.69, 9.17) is 11.6 Å². The van der Waals surface area contributed by atoms with Crippen LogP contribution in [0.3, 0.4) is 0 Å². The van der Waals surface area contributed by atoms with Crippen LogP contribution in [0.5, 0.6) is 0 Å². The van der Waals surface area contributed by atoms with E-state index in [0.29, 0.717) is 13.0 Å². The minimum Gasteiger partial charge on any atom is -0.352 e. The van der Waals surface area contributed by atoms with Crippen molar-refractivity contribution in [2.24, 2.45) is 0 Å². The lowest BCUT2D eigenvalue weighted by molar-refractivity contribution is 0.0954. The van der Waals surface area contributed by atoms with Crippen LogP contribution in [-0.4, -0.2) is 12.5 Å². The Labute approximate surface area is 92.7 Å². The molecular weight excluding hydrogens is 217 g/mol. The van der Waals surface area contributed by atoms with Crippen LogP contribution < -0.4 is 5.32 Å². The molecule has 0 saturated carbocycles. The van der Waals surface area contributed by atoms with Crippen LogP contribution in [0.25, 0.3) is 0 Å². The molecule has 0 bridgehead atoms. The van der Waals surface area contributed by atoms with E-state index in [0.717, 1.165) is 6.07 Å². The van der Waals surface area contributed by atoms with Gasteiger partial charge in [-0.15, -0.1) is 6.58 Å². The quantitative estimate of drug-likeness (QED) is 0.622. The lowest BCUT2D eigenvalue weighted by atomic mass is 10.2. The van der Waals surface area contributed by atoms with Crippen molar-refractivity contribution in [3.8, 4) is 0 Å². The molecule has 0 spiro atoms. The monoisotopic (exact) mass is 227 g/mol. The van der Waals surface area contributed by atoms with E-state index in [9.17, 15) is 9.18 Å². The standard InChI is InChI=1S/C11H11ClFNO/c1-2-3-6-14-11(15)9-5-4-8(13)7-10(9)12/h2,4-5,7H,1,3,6H2,(H,14,15). The fourth-order valence-corrected chi connectivity index (χ4v) is 1.31. The molecule has 1 amide bonds. The zero-order valence-electron chi connectivity index (χ0n) is 8.09. The Morgan fingerprint density at radius 1 is 1.60 bits per heavy atom. The van der Waals surface area contributed by atoms with Crippen molar-refractivity contribution in [3.05, 3.63) is 47.3 Å². The summed E-state index contributed by atoms with van der Waals surface area (Å²) in [6, 6.07) is 3.68. The van der Waals surface area contributed by atoms with E-state index in [1.165, 1.54) is 12.1 Å². The van der Waals surface area contributed by atoms with E-state index in [-0.39, 0.29) is 16.5 Å². The molecule has 80 valence electrons. The van der Waals surface area contributed by atoms with Gasteiger partial charge in [0.15, 0.2) is 0 Å². The SMILES string of the molecule is C=CCCNC(=O)c1ccc(F)cc1Cl. The highest BCUT2D eigenvalue weighted by Gasteiger charge is 2.09. The first kappa shape index (κ1) is 11.7. The number of hydrogen-bond donors (Lipinski definition) is 1. The summed E-state index contributed by atoms with van der Waals surface area (Å²) in [6.07, 6.45) is 2.39. The number of rotatable bonds is 4. The van der Waals surface area contributed by atoms with Crippen LogP contribution in [0, 0.1) is 5.82 Å². The summed E-state index contributed by atoms with van der Waals surface area (Å²) in [7, 11) is 0. The Morgan fingerprint density at radius 3 is 2.93 bits per heavy atom. The maximum absolute atomic E-state index is 12.7. The molecule has 1 aromatic rings. The lowest BCUT2D eigenvalue weighted by Crippen LogP contribution is -2.24. The second-order valence-corrected chi connectivity index (χ2v) is 3.36. The van der Waals surface area contributed by atoms with Gasteiger partial charge >= 0.3 is 0 Å². The van der Waals surface area contributed by atoms with Crippen molar-refractivity contribution in [2.45, 2.75) is 6.42 Å². The largest absolute Gasteiger partial charge is 0.352 e. The fourth-order valence-electron chi connectivity index (χ4n) is 1.06. The van der Waals surface area contributed by atoms with Crippen molar-refractivity contribution >= 4 is 17.5 Å². The van der Waals surface area contributed by atoms with Crippen molar-refractivity contribution in [2.75, 3.05) is 6.54 Å². The number of carbonyl (C=O) groups excluding carboxylic acids is 1. The van der Waals surface area contributed by atoms with Crippen molar-refractivity contribution in [1.29, 1.82) is 0 Å². The van der Waals surface area contributed by atoms with Gasteiger partial charge in [0.2, 0.25) is 0 Å². The highest BCUT2D eigenvalue weighted by molar-refractivity contribution is 6.33. The van der Waals surface area contributed by atoms with Crippen LogP contribution in [0.4, 0.5) is 4.39 Å². The summed E-state index contributed by atoms with van der Waals surface area (Å²) in [5, 5.41) is 2.76. The Kier molecular flexibility index (Phi) is 4.31. The average Bonchev–Trinajstić information content (AvgIpc) is 2.17. The van der Waals surface area contributed by atoms with Crippen molar-refractivity contribution in [3.63, 3.8) is 0 Å². The first-order valence-electron chi connectivity index (χ1n) is 4.49. The fraction of sp³-hybridized carbons (Fsp3) is 0.182. The molecule has 0 fully saturated rings. The highest BCUT2D eigenvalue weighted by atomic mass is 35.5. The van der Waals surface area contributed by atoms with Crippen LogP contribution in [0.1, 0.15) is 16.8 Å². The molecule has 0 aliphatic carbocycles. The molecule has 4 heteroatoms. The third-order valence-corrected chi connectivity index (χ3v) is 2.12. The summed E-state index contributed by atoms with van der Waals surface area (Å²) in [4.78, 5) is 11.5. The summed E-state index contributed by atoms with van der Waals surface area (Å²) in [5.41, 5.74) is 0.280. The topological polar surface area (TPSA) is 29.1 Å². The van der Waals surface area contributed by atoms with E-state index in [1.54, 1.807) is 6.08 Å². The van der Waals surface area contributed by atoms with Gasteiger partial charge < -0.3 is 5.32 Å². The Morgan fingerprint density at radius 2 is 2.33 bits per heavy atom. The number of amides is 1. The summed E-state index contributed by atoms with van der Waals surface area (Å²) >= 11 is 5.72. The number of hydrogen-bond acceptors (Lipinski definition) is 1. The predicted molar refractivity (Wildman–Crippen MR) is 58.6 cm³/mol. The Hall–Kier alpha value is -1.35. The number of nitrogens with one attached hydrogen (secondary N) is 1. The number of carbonyl (C=O) groups is 1. The Balaban J connectivity index is 2.69. The number of benzene rings is 1. The summed E-state index contributed by atoms with van der Waals surface area (Å²) in [5.74, 6) is -0.760. The maximum atomic E-state index is 12.7. The minimum absolute atomic E-state index is 0.117. The minimum atomic E-state index is -0.456. The van der Waals surface area contributed by atoms with Gasteiger partial charge in [-0.3, -0.25) is 4.79 Å². The summed E-state index contributed by atoms with van der Waals surface area (Å²) in [6.45, 7) is 4.03. The molecule has 1 aromatic carbocycles. The van der Waals surface area contributed by atoms with Crippen molar-refractivity contribution < 1.29 is 9.18 Å². The van der Waals surface area contributed by atoms with Crippen LogP contribution in [0.15, 0.2) is 30.9 Å². The van der Waals surface area contributed by atoms with Crippen LogP contribution in [0.2, 0.25) is 5.02 Å². The third kappa shape index (κ3) is 3.36. The highest BCUT2D eigenvalue weighted by Crippen LogP contribution is 2.16. The molecule has 0 aliphatic heterocycles. The van der Waals surface area contributed by atoms with Crippen LogP contribution >= 0.6 is 11.6 Å². The molecule has 2 nitrogen and oxygen atoms in total. The van der Waals surface area contributed by atoms with Gasteiger partial charge in [-0.1, -0.05) is 17.7 Å². The van der Waals surface area contributed by atoms with E-state index in [2.05, 4.69) is 11.9 Å². The lowest BCUT2D eigenvalue weighted by Gasteiger charge is -2.05. The zero-order valence-corrected chi connectivity index (χ0v) is 8.85. The molecule has 1 rings (SSSR count). The molecule has 0 radical (unpaired) electrons. The predicted octanol–water partition coefficient (Wildman–Crippen LogP) is 2.79. The number of halogens is 2. The van der Waals surface area contributed by atoms with Gasteiger partial charge in [0.05, 0.1) is 10.6 Å². The first-order chi connectivity index (χ1) is 7.15. The third-order valence-electron chi connectivity index (χ3n) is 1.81. The molecule has 0 unspecified atom stereocenters. The molecular formula is C11H11ClFNO. The second kappa shape index (κ2) is 5.51. The molecule has 1 N–H and O–H groups in total. The van der Waals surface area contributed by atoms with Gasteiger partial charge in [-0.25, -0.2) is 4.39 Å². The van der Waals surface area contributed by atoms with Gasteiger partial charge in [-0.05, 0) is 24.6 Å². The second-order valence-electron chi connectivity index (χ2n) is 2.96. The molecule has 0 aromatic heterocycles. The molecule has 0 heterocycles. The normalized spacial score (nSPS) is 9.73. The van der Waals surface area contributed by atoms with E-state index >= 15 is 0 Å². The van der Waals surface area contributed by atoms with E-state index in [1.807, 2.05) is 0 Å².